The number of nitriles is 2. The van der Waals surface area contributed by atoms with Crippen molar-refractivity contribution in [2.45, 2.75) is 26.7 Å². The summed E-state index contributed by atoms with van der Waals surface area (Å²) in [6.45, 7) is 3.60. The van der Waals surface area contributed by atoms with Gasteiger partial charge in [0.15, 0.2) is 34.7 Å². The topological polar surface area (TPSA) is 275 Å². The molecule has 6 heterocycles. The summed E-state index contributed by atoms with van der Waals surface area (Å²) < 4.78 is 14.5. The third-order valence-corrected chi connectivity index (χ3v) is 9.89. The molecular weight excluding hydrogens is 900 g/mol. The molecule has 0 atom stereocenters. The molecular formula is C48H45ClN16O4. The fourth-order valence-electron chi connectivity index (χ4n) is 6.48. The lowest BCUT2D eigenvalue weighted by Crippen LogP contribution is -2.07. The predicted molar refractivity (Wildman–Crippen MR) is 261 cm³/mol. The zero-order valence-electron chi connectivity index (χ0n) is 38.3. The number of aryl methyl sites for hydroxylation is 2. The molecule has 20 nitrogen and oxygen atoms in total. The fourth-order valence-corrected chi connectivity index (χ4v) is 6.63. The smallest absolute Gasteiger partial charge is 0.184 e. The number of nitrogen functional groups attached to an aromatic ring is 1. The number of hydrogen-bond donors (Lipinski definition) is 4. The van der Waals surface area contributed by atoms with Gasteiger partial charge in [-0.15, -0.1) is 0 Å². The number of rotatable bonds is 14. The van der Waals surface area contributed by atoms with Crippen molar-refractivity contribution in [2.75, 3.05) is 35.9 Å². The molecule has 0 aliphatic heterocycles. The number of carbonyl (C=O) groups is 2. The van der Waals surface area contributed by atoms with Crippen molar-refractivity contribution >= 4 is 63.4 Å². The van der Waals surface area contributed by atoms with Crippen LogP contribution in [-0.2, 0) is 14.1 Å². The molecule has 0 unspecified atom stereocenters. The van der Waals surface area contributed by atoms with Gasteiger partial charge in [0.25, 0.3) is 0 Å². The van der Waals surface area contributed by atoms with Crippen LogP contribution in [-0.4, -0.2) is 75.3 Å². The average molecular weight is 945 g/mol. The van der Waals surface area contributed by atoms with Crippen molar-refractivity contribution in [3.63, 3.8) is 0 Å². The minimum absolute atomic E-state index is 0.0295. The lowest BCUT2D eigenvalue weighted by molar-refractivity contribution is 0.0980. The van der Waals surface area contributed by atoms with E-state index in [1.54, 1.807) is 113 Å². The van der Waals surface area contributed by atoms with E-state index in [4.69, 9.17) is 37.3 Å². The highest BCUT2D eigenvalue weighted by atomic mass is 35.5. The molecule has 0 aliphatic carbocycles. The van der Waals surface area contributed by atoms with E-state index >= 15 is 0 Å². The van der Waals surface area contributed by atoms with E-state index < -0.39 is 0 Å². The Morgan fingerprint density at radius 1 is 0.638 bits per heavy atom. The summed E-state index contributed by atoms with van der Waals surface area (Å²) in [7, 11) is 6.73. The first-order chi connectivity index (χ1) is 33.4. The van der Waals surface area contributed by atoms with Crippen molar-refractivity contribution in [3.05, 3.63) is 138 Å². The van der Waals surface area contributed by atoms with Crippen LogP contribution < -0.4 is 31.2 Å². The van der Waals surface area contributed by atoms with Gasteiger partial charge in [-0.05, 0) is 54.6 Å². The van der Waals surface area contributed by atoms with Crippen LogP contribution in [0.15, 0.2) is 110 Å². The number of Topliss-reactive ketones (excluding diaryl/α,β-unsaturated/α-hetero) is 2. The van der Waals surface area contributed by atoms with Crippen molar-refractivity contribution in [1.29, 1.82) is 10.5 Å². The van der Waals surface area contributed by atoms with Crippen LogP contribution in [0, 0.1) is 22.7 Å². The summed E-state index contributed by atoms with van der Waals surface area (Å²) in [5.41, 5.74) is 10.7. The molecule has 348 valence electrons. The van der Waals surface area contributed by atoms with Crippen LogP contribution >= 0.6 is 11.6 Å². The minimum atomic E-state index is -0.0623. The number of ether oxygens (including phenoxy) is 2. The van der Waals surface area contributed by atoms with Gasteiger partial charge in [-0.25, -0.2) is 29.9 Å². The molecule has 0 saturated heterocycles. The number of nitrogens with one attached hydrogen (secondary N) is 3. The molecule has 8 rings (SSSR count). The number of benzene rings is 2. The van der Waals surface area contributed by atoms with Crippen molar-refractivity contribution in [1.82, 2.24) is 49.5 Å². The molecule has 0 fully saturated rings. The van der Waals surface area contributed by atoms with Crippen LogP contribution in [0.4, 0.5) is 40.2 Å². The second kappa shape index (κ2) is 23.3. The Morgan fingerprint density at radius 3 is 1.59 bits per heavy atom. The number of pyridine rings is 4. The number of nitrogens with two attached hydrogens (primary N) is 1. The second-order valence-electron chi connectivity index (χ2n) is 14.4. The van der Waals surface area contributed by atoms with E-state index in [2.05, 4.69) is 56.1 Å². The van der Waals surface area contributed by atoms with Crippen LogP contribution in [0.5, 0.6) is 11.5 Å². The number of aromatic nitrogens is 10. The largest absolute Gasteiger partial charge is 0.494 e. The Kier molecular flexibility index (Phi) is 16.6. The molecule has 2 aromatic carbocycles. The minimum Gasteiger partial charge on any atom is -0.494 e. The number of nitrogens with zero attached hydrogens (tertiary/aromatic N) is 12. The second-order valence-corrected chi connectivity index (χ2v) is 14.8. The number of ketones is 2. The predicted octanol–water partition coefficient (Wildman–Crippen LogP) is 8.64. The van der Waals surface area contributed by atoms with Gasteiger partial charge in [-0.1, -0.05) is 49.7 Å². The number of hydrogen-bond acceptors (Lipinski definition) is 18. The van der Waals surface area contributed by atoms with Crippen LogP contribution in [0.25, 0.3) is 22.8 Å². The maximum absolute atomic E-state index is 12.6. The number of carbonyl (C=O) groups excluding carboxylic acids is 2. The lowest BCUT2D eigenvalue weighted by Gasteiger charge is -2.17. The van der Waals surface area contributed by atoms with Crippen molar-refractivity contribution < 1.29 is 19.1 Å². The maximum Gasteiger partial charge on any atom is 0.184 e. The quantitative estimate of drug-likeness (QED) is 0.0586. The van der Waals surface area contributed by atoms with Gasteiger partial charge in [0.1, 0.15) is 58.8 Å². The van der Waals surface area contributed by atoms with Crippen LogP contribution in [0.3, 0.4) is 0 Å². The van der Waals surface area contributed by atoms with Crippen molar-refractivity contribution in [2.24, 2.45) is 14.1 Å². The number of methoxy groups -OCH3 is 2. The normalized spacial score (nSPS) is 10.2. The van der Waals surface area contributed by atoms with Crippen molar-refractivity contribution in [3.8, 4) is 46.4 Å². The first kappa shape index (κ1) is 49.2. The summed E-state index contributed by atoms with van der Waals surface area (Å²) in [5.74, 6) is 3.39. The third kappa shape index (κ3) is 12.5. The summed E-state index contributed by atoms with van der Waals surface area (Å²) in [4.78, 5) is 49.7. The molecule has 0 amide bonds. The molecule has 21 heteroatoms. The van der Waals surface area contributed by atoms with Crippen LogP contribution in [0.1, 0.15) is 58.8 Å². The van der Waals surface area contributed by atoms with Gasteiger partial charge in [0, 0.05) is 45.4 Å². The van der Waals surface area contributed by atoms with E-state index in [-0.39, 0.29) is 17.3 Å². The Morgan fingerprint density at radius 2 is 1.13 bits per heavy atom. The summed E-state index contributed by atoms with van der Waals surface area (Å²) >= 11 is 6.02. The Labute approximate surface area is 401 Å². The van der Waals surface area contributed by atoms with E-state index in [9.17, 15) is 9.59 Å². The lowest BCUT2D eigenvalue weighted by atomic mass is 10.1. The summed E-state index contributed by atoms with van der Waals surface area (Å²) in [5, 5.41) is 36.0. The highest BCUT2D eigenvalue weighted by Crippen LogP contribution is 2.39. The van der Waals surface area contributed by atoms with Gasteiger partial charge in [0.2, 0.25) is 0 Å². The number of anilines is 7. The van der Waals surface area contributed by atoms with E-state index in [0.29, 0.717) is 104 Å². The van der Waals surface area contributed by atoms with Gasteiger partial charge in [-0.3, -0.25) is 19.0 Å². The fraction of sp³-hybridized carbons (Fsp3) is 0.167. The summed E-state index contributed by atoms with van der Waals surface area (Å²) in [6, 6.07) is 28.4. The van der Waals surface area contributed by atoms with Gasteiger partial charge < -0.3 is 31.2 Å². The number of halogens is 1. The first-order valence-electron chi connectivity index (χ1n) is 21.0. The number of para-hydroxylation sites is 2. The SMILES string of the molecule is CCC(=O)c1cnc(Cl)cc1Nc1cccc(-c2ncn(C)n2)c1OC.CCC(=O)c1cnc(Nc2cccc(C#N)n2)cc1Nc1cccc(-c2ncn(C)n2)c1OC.N#Cc1cccc(N)n1. The van der Waals surface area contributed by atoms with E-state index in [0.717, 1.165) is 5.56 Å². The molecule has 5 N–H and O–H groups in total. The summed E-state index contributed by atoms with van der Waals surface area (Å²) in [6.07, 6.45) is 6.92. The van der Waals surface area contributed by atoms with Gasteiger partial charge >= 0.3 is 0 Å². The third-order valence-electron chi connectivity index (χ3n) is 9.68. The molecule has 6 aromatic heterocycles. The molecule has 0 spiro atoms. The zero-order chi connectivity index (χ0) is 49.5. The average Bonchev–Trinajstić information content (AvgIpc) is 4.01. The Balaban J connectivity index is 0.000000196. The van der Waals surface area contributed by atoms with Crippen LogP contribution in [0.2, 0.25) is 5.15 Å². The van der Waals surface area contributed by atoms with E-state index in [1.165, 1.54) is 12.4 Å². The molecule has 0 bridgehead atoms. The van der Waals surface area contributed by atoms with Gasteiger partial charge in [-0.2, -0.15) is 20.7 Å². The highest BCUT2D eigenvalue weighted by Gasteiger charge is 2.20. The first-order valence-corrected chi connectivity index (χ1v) is 21.3. The molecule has 0 radical (unpaired) electrons. The standard InChI is InChI=1S/C24H22N8O2.C18H18ClN5O2.C6H5N3/c1-4-20(33)17-13-26-22(30-21-10-5-7-15(12-25)28-21)11-19(17)29-18-9-6-8-16(23(18)34-3)24-27-14-32(2)31-24;1-4-15(25)12-9-20-16(19)8-14(12)22-13-7-5-6-11(17(13)26-3)18-21-10-24(2)23-18;7-4-5-2-1-3-6(8)9-5/h5-11,13-14H,4H2,1-3H3,(H2,26,28,29,30);5-10H,4H2,1-3H3,(H,20,22);1-3H,(H2,8,9). The molecule has 0 aliphatic rings. The van der Waals surface area contributed by atoms with E-state index in [1.807, 2.05) is 48.5 Å². The molecule has 69 heavy (non-hydrogen) atoms. The Bertz CT molecular complexity index is 3190. The Hall–Kier alpha value is -9.27. The van der Waals surface area contributed by atoms with Gasteiger partial charge in [0.05, 0.1) is 59.2 Å². The zero-order valence-corrected chi connectivity index (χ0v) is 39.0. The highest BCUT2D eigenvalue weighted by molar-refractivity contribution is 6.29. The molecule has 0 saturated carbocycles. The monoisotopic (exact) mass is 944 g/mol. The maximum atomic E-state index is 12.6. The molecule has 8 aromatic rings.